The van der Waals surface area contributed by atoms with Crippen LogP contribution < -0.4 is 15.8 Å². The van der Waals surface area contributed by atoms with E-state index in [9.17, 15) is 19.7 Å². The second-order valence-corrected chi connectivity index (χ2v) is 7.58. The molecule has 0 saturated heterocycles. The molecule has 0 aliphatic carbocycles. The summed E-state index contributed by atoms with van der Waals surface area (Å²) in [6.07, 6.45) is 0. The second kappa shape index (κ2) is 9.84. The standard InChI is InChI=1S/C22H19N3O6S/c1-30-19-11-13(22(27)31-2)3-10-18(19)24-21(26)17-9-4-14(23)12-20(17)32-16-7-5-15(6-8-16)25(28)29/h3-12H,23H2,1-2H3,(H,24,26). The van der Waals surface area contributed by atoms with Crippen LogP contribution in [0.4, 0.5) is 17.1 Å². The van der Waals surface area contributed by atoms with Crippen molar-refractivity contribution in [2.24, 2.45) is 0 Å². The first-order valence-corrected chi connectivity index (χ1v) is 10.0. The van der Waals surface area contributed by atoms with E-state index < -0.39 is 16.8 Å². The van der Waals surface area contributed by atoms with Crippen LogP contribution in [0.5, 0.6) is 5.75 Å². The summed E-state index contributed by atoms with van der Waals surface area (Å²) in [5.41, 5.74) is 7.34. The Labute approximate surface area is 187 Å². The largest absolute Gasteiger partial charge is 0.495 e. The monoisotopic (exact) mass is 453 g/mol. The number of nitro benzene ring substituents is 1. The van der Waals surface area contributed by atoms with Gasteiger partial charge in [0, 0.05) is 27.6 Å². The van der Waals surface area contributed by atoms with Crippen molar-refractivity contribution in [3.8, 4) is 5.75 Å². The Morgan fingerprint density at radius 3 is 2.38 bits per heavy atom. The van der Waals surface area contributed by atoms with Gasteiger partial charge in [0.25, 0.3) is 11.6 Å². The van der Waals surface area contributed by atoms with Gasteiger partial charge in [-0.3, -0.25) is 14.9 Å². The number of benzene rings is 3. The summed E-state index contributed by atoms with van der Waals surface area (Å²) in [6, 6.07) is 15.4. The zero-order valence-electron chi connectivity index (χ0n) is 17.2. The number of nitrogens with two attached hydrogens (primary N) is 1. The molecule has 0 radical (unpaired) electrons. The highest BCUT2D eigenvalue weighted by molar-refractivity contribution is 7.99. The van der Waals surface area contributed by atoms with Crippen molar-refractivity contribution in [3.63, 3.8) is 0 Å². The first-order valence-electron chi connectivity index (χ1n) is 9.22. The van der Waals surface area contributed by atoms with E-state index in [0.717, 1.165) is 0 Å². The van der Waals surface area contributed by atoms with Crippen molar-refractivity contribution in [1.82, 2.24) is 0 Å². The molecule has 10 heteroatoms. The highest BCUT2D eigenvalue weighted by Crippen LogP contribution is 2.34. The number of hydrogen-bond donors (Lipinski definition) is 2. The number of nitrogen functional groups attached to an aromatic ring is 1. The molecule has 9 nitrogen and oxygen atoms in total. The van der Waals surface area contributed by atoms with Crippen LogP contribution in [-0.4, -0.2) is 31.0 Å². The third-order valence-corrected chi connectivity index (χ3v) is 5.46. The Morgan fingerprint density at radius 2 is 1.75 bits per heavy atom. The molecule has 0 heterocycles. The fraction of sp³-hybridized carbons (Fsp3) is 0.0909. The number of rotatable bonds is 7. The minimum absolute atomic E-state index is 0.0256. The van der Waals surface area contributed by atoms with Gasteiger partial charge in [0.1, 0.15) is 5.75 Å². The number of methoxy groups -OCH3 is 2. The second-order valence-electron chi connectivity index (χ2n) is 6.47. The first-order chi connectivity index (χ1) is 15.3. The fourth-order valence-corrected chi connectivity index (χ4v) is 3.79. The van der Waals surface area contributed by atoms with Gasteiger partial charge in [0.05, 0.1) is 36.0 Å². The molecule has 0 aliphatic heterocycles. The number of esters is 1. The van der Waals surface area contributed by atoms with E-state index in [1.807, 2.05) is 0 Å². The van der Waals surface area contributed by atoms with Crippen LogP contribution in [0, 0.1) is 10.1 Å². The van der Waals surface area contributed by atoms with Gasteiger partial charge in [0.15, 0.2) is 0 Å². The third-order valence-electron chi connectivity index (χ3n) is 4.40. The van der Waals surface area contributed by atoms with Crippen LogP contribution in [0.2, 0.25) is 0 Å². The van der Waals surface area contributed by atoms with Gasteiger partial charge >= 0.3 is 5.97 Å². The number of hydrogen-bond acceptors (Lipinski definition) is 8. The maximum atomic E-state index is 13.0. The van der Waals surface area contributed by atoms with Gasteiger partial charge in [-0.25, -0.2) is 4.79 Å². The van der Waals surface area contributed by atoms with E-state index in [1.165, 1.54) is 50.2 Å². The summed E-state index contributed by atoms with van der Waals surface area (Å²) < 4.78 is 9.99. The fourth-order valence-electron chi connectivity index (χ4n) is 2.80. The number of carbonyl (C=O) groups is 2. The number of carbonyl (C=O) groups excluding carboxylic acids is 2. The molecular formula is C22H19N3O6S. The molecule has 0 bridgehead atoms. The maximum absolute atomic E-state index is 13.0. The molecule has 32 heavy (non-hydrogen) atoms. The Hall–Kier alpha value is -4.05. The van der Waals surface area contributed by atoms with Gasteiger partial charge in [-0.2, -0.15) is 0 Å². The highest BCUT2D eigenvalue weighted by Gasteiger charge is 2.17. The lowest BCUT2D eigenvalue weighted by Crippen LogP contribution is -2.14. The minimum Gasteiger partial charge on any atom is -0.495 e. The van der Waals surface area contributed by atoms with Crippen LogP contribution in [0.15, 0.2) is 70.5 Å². The lowest BCUT2D eigenvalue weighted by molar-refractivity contribution is -0.384. The molecule has 3 aromatic carbocycles. The van der Waals surface area contributed by atoms with Crippen molar-refractivity contribution >= 4 is 40.7 Å². The van der Waals surface area contributed by atoms with Crippen molar-refractivity contribution in [2.75, 3.05) is 25.3 Å². The van der Waals surface area contributed by atoms with E-state index >= 15 is 0 Å². The normalized spacial score (nSPS) is 10.3. The molecule has 1 amide bonds. The molecule has 0 atom stereocenters. The Morgan fingerprint density at radius 1 is 1.03 bits per heavy atom. The zero-order valence-corrected chi connectivity index (χ0v) is 18.0. The molecule has 0 fully saturated rings. The molecular weight excluding hydrogens is 434 g/mol. The summed E-state index contributed by atoms with van der Waals surface area (Å²) in [5.74, 6) is -0.652. The molecule has 164 valence electrons. The molecule has 0 aromatic heterocycles. The van der Waals surface area contributed by atoms with Crippen LogP contribution in [0.3, 0.4) is 0 Å². The lowest BCUT2D eigenvalue weighted by Gasteiger charge is -2.14. The number of non-ortho nitro benzene ring substituents is 1. The predicted molar refractivity (Wildman–Crippen MR) is 120 cm³/mol. The third kappa shape index (κ3) is 5.16. The SMILES string of the molecule is COC(=O)c1ccc(NC(=O)c2ccc(N)cc2Sc2ccc([N+](=O)[O-])cc2)c(OC)c1. The average Bonchev–Trinajstić information content (AvgIpc) is 2.79. The molecule has 0 spiro atoms. The molecule has 3 N–H and O–H groups in total. The molecule has 0 saturated carbocycles. The van der Waals surface area contributed by atoms with Crippen LogP contribution in [0.25, 0.3) is 0 Å². The van der Waals surface area contributed by atoms with E-state index in [0.29, 0.717) is 32.5 Å². The summed E-state index contributed by atoms with van der Waals surface area (Å²) in [6.45, 7) is 0. The first kappa shape index (κ1) is 22.6. The maximum Gasteiger partial charge on any atom is 0.337 e. The molecule has 3 aromatic rings. The number of amides is 1. The van der Waals surface area contributed by atoms with Gasteiger partial charge in [-0.1, -0.05) is 11.8 Å². The van der Waals surface area contributed by atoms with Crippen LogP contribution in [-0.2, 0) is 4.74 Å². The van der Waals surface area contributed by atoms with Crippen molar-refractivity contribution in [1.29, 1.82) is 0 Å². The number of nitrogens with zero attached hydrogens (tertiary/aromatic N) is 1. The van der Waals surface area contributed by atoms with Gasteiger partial charge < -0.3 is 20.5 Å². The topological polar surface area (TPSA) is 134 Å². The highest BCUT2D eigenvalue weighted by atomic mass is 32.2. The van der Waals surface area contributed by atoms with E-state index in [2.05, 4.69) is 5.32 Å². The number of ether oxygens (including phenoxy) is 2. The Balaban J connectivity index is 1.87. The average molecular weight is 453 g/mol. The minimum atomic E-state index is -0.526. The van der Waals surface area contributed by atoms with Crippen molar-refractivity contribution in [2.45, 2.75) is 9.79 Å². The quantitative estimate of drug-likeness (QED) is 0.233. The number of anilines is 2. The molecule has 0 aliphatic rings. The Kier molecular flexibility index (Phi) is 6.96. The zero-order chi connectivity index (χ0) is 23.3. The summed E-state index contributed by atoms with van der Waals surface area (Å²) in [5, 5.41) is 13.6. The summed E-state index contributed by atoms with van der Waals surface area (Å²) in [4.78, 5) is 36.4. The van der Waals surface area contributed by atoms with Crippen LogP contribution in [0.1, 0.15) is 20.7 Å². The van der Waals surface area contributed by atoms with Crippen molar-refractivity contribution < 1.29 is 24.0 Å². The number of nitro groups is 1. The smallest absolute Gasteiger partial charge is 0.337 e. The van der Waals surface area contributed by atoms with E-state index in [1.54, 1.807) is 36.4 Å². The van der Waals surface area contributed by atoms with Gasteiger partial charge in [-0.05, 0) is 48.5 Å². The summed E-state index contributed by atoms with van der Waals surface area (Å²) >= 11 is 1.25. The Bertz CT molecular complexity index is 1180. The number of nitrogens with one attached hydrogen (secondary N) is 1. The van der Waals surface area contributed by atoms with E-state index in [-0.39, 0.29) is 11.3 Å². The summed E-state index contributed by atoms with van der Waals surface area (Å²) in [7, 11) is 2.70. The van der Waals surface area contributed by atoms with Gasteiger partial charge in [0.2, 0.25) is 0 Å². The lowest BCUT2D eigenvalue weighted by atomic mass is 10.1. The molecule has 3 rings (SSSR count). The van der Waals surface area contributed by atoms with Crippen LogP contribution >= 0.6 is 11.8 Å². The van der Waals surface area contributed by atoms with Gasteiger partial charge in [-0.15, -0.1) is 0 Å². The van der Waals surface area contributed by atoms with Crippen molar-refractivity contribution in [3.05, 3.63) is 81.9 Å². The van der Waals surface area contributed by atoms with E-state index in [4.69, 9.17) is 15.2 Å². The molecule has 0 unspecified atom stereocenters. The predicted octanol–water partition coefficient (Wildman–Crippen LogP) is 4.38.